The van der Waals surface area contributed by atoms with E-state index in [1.807, 2.05) is 30.3 Å². The van der Waals surface area contributed by atoms with Gasteiger partial charge in [-0.1, -0.05) is 6.07 Å². The molecule has 0 aliphatic carbocycles. The smallest absolute Gasteiger partial charge is 0.222 e. The minimum atomic E-state index is 0.00822. The zero-order valence-corrected chi connectivity index (χ0v) is 14.9. The Bertz CT molecular complexity index is 715. The highest BCUT2D eigenvalue weighted by Gasteiger charge is 2.18. The number of nitrogens with zero attached hydrogens (tertiary/aromatic N) is 1. The van der Waals surface area contributed by atoms with Crippen LogP contribution in [-0.2, 0) is 22.7 Å². The molecule has 1 N–H and O–H groups in total. The molecule has 0 unspecified atom stereocenters. The highest BCUT2D eigenvalue weighted by molar-refractivity contribution is 5.76. The minimum Gasteiger partial charge on any atom is -0.493 e. The first-order chi connectivity index (χ1) is 12.7. The fourth-order valence-electron chi connectivity index (χ4n) is 2.87. The summed E-state index contributed by atoms with van der Waals surface area (Å²) in [5.74, 6) is 1.32. The topological polar surface area (TPSA) is 69.7 Å². The number of methoxy groups -OCH3 is 1. The lowest BCUT2D eigenvalue weighted by Gasteiger charge is -2.13. The summed E-state index contributed by atoms with van der Waals surface area (Å²) >= 11 is 0. The van der Waals surface area contributed by atoms with Crippen molar-refractivity contribution in [2.24, 2.45) is 0 Å². The van der Waals surface area contributed by atoms with Crippen LogP contribution in [0.4, 0.5) is 0 Å². The standard InChI is InChI=1S/C20H24N2O4/c1-24-19-11-16(13-22-20(23)12-17-3-2-10-25-17)4-5-18(19)26-14-15-6-8-21-9-7-15/h4-9,11,17H,2-3,10,12-14H2,1H3,(H,22,23)/t17-/m1/s1. The second kappa shape index (κ2) is 9.20. The number of ether oxygens (including phenoxy) is 3. The summed E-state index contributed by atoms with van der Waals surface area (Å²) in [6.07, 6.45) is 5.95. The van der Waals surface area contributed by atoms with Crippen LogP contribution >= 0.6 is 0 Å². The average molecular weight is 356 g/mol. The predicted molar refractivity (Wildman–Crippen MR) is 97.0 cm³/mol. The van der Waals surface area contributed by atoms with Crippen molar-refractivity contribution in [1.82, 2.24) is 10.3 Å². The van der Waals surface area contributed by atoms with Gasteiger partial charge in [-0.05, 0) is 48.2 Å². The molecule has 0 bridgehead atoms. The van der Waals surface area contributed by atoms with Crippen molar-refractivity contribution in [1.29, 1.82) is 0 Å². The van der Waals surface area contributed by atoms with Crippen molar-refractivity contribution in [3.8, 4) is 11.5 Å². The molecule has 138 valence electrons. The van der Waals surface area contributed by atoms with Crippen LogP contribution < -0.4 is 14.8 Å². The van der Waals surface area contributed by atoms with Gasteiger partial charge in [0, 0.05) is 25.5 Å². The first-order valence-corrected chi connectivity index (χ1v) is 8.81. The number of carbonyl (C=O) groups is 1. The van der Waals surface area contributed by atoms with Gasteiger partial charge in [-0.3, -0.25) is 9.78 Å². The Morgan fingerprint density at radius 3 is 2.81 bits per heavy atom. The van der Waals surface area contributed by atoms with Crippen LogP contribution in [0.3, 0.4) is 0 Å². The van der Waals surface area contributed by atoms with Gasteiger partial charge in [0.1, 0.15) is 6.61 Å². The van der Waals surface area contributed by atoms with E-state index >= 15 is 0 Å². The Hall–Kier alpha value is -2.60. The molecule has 0 spiro atoms. The number of hydrogen-bond acceptors (Lipinski definition) is 5. The normalized spacial score (nSPS) is 16.3. The Morgan fingerprint density at radius 1 is 1.23 bits per heavy atom. The van der Waals surface area contributed by atoms with E-state index in [1.54, 1.807) is 19.5 Å². The van der Waals surface area contributed by atoms with E-state index in [1.165, 1.54) is 0 Å². The van der Waals surface area contributed by atoms with E-state index < -0.39 is 0 Å². The summed E-state index contributed by atoms with van der Waals surface area (Å²) in [5.41, 5.74) is 1.99. The van der Waals surface area contributed by atoms with Crippen LogP contribution in [0.25, 0.3) is 0 Å². The maximum absolute atomic E-state index is 12.0. The molecule has 1 aromatic carbocycles. The monoisotopic (exact) mass is 356 g/mol. The van der Waals surface area contributed by atoms with Crippen LogP contribution in [0.5, 0.6) is 11.5 Å². The van der Waals surface area contributed by atoms with Gasteiger partial charge < -0.3 is 19.5 Å². The molecular formula is C20H24N2O4. The average Bonchev–Trinajstić information content (AvgIpc) is 3.18. The molecule has 1 aromatic heterocycles. The van der Waals surface area contributed by atoms with Crippen LogP contribution in [0.2, 0.25) is 0 Å². The number of benzene rings is 1. The van der Waals surface area contributed by atoms with Crippen LogP contribution in [0.1, 0.15) is 30.4 Å². The molecule has 1 aliphatic heterocycles. The summed E-state index contributed by atoms with van der Waals surface area (Å²) in [4.78, 5) is 16.0. The Morgan fingerprint density at radius 2 is 2.08 bits per heavy atom. The third-order valence-corrected chi connectivity index (χ3v) is 4.30. The predicted octanol–water partition coefficient (Wildman–Crippen LogP) is 2.85. The number of hydrogen-bond donors (Lipinski definition) is 1. The summed E-state index contributed by atoms with van der Waals surface area (Å²) in [6, 6.07) is 9.49. The molecule has 0 radical (unpaired) electrons. The van der Waals surface area contributed by atoms with E-state index in [4.69, 9.17) is 14.2 Å². The van der Waals surface area contributed by atoms with Crippen molar-refractivity contribution in [2.75, 3.05) is 13.7 Å². The first-order valence-electron chi connectivity index (χ1n) is 8.81. The van der Waals surface area contributed by atoms with Crippen molar-refractivity contribution in [2.45, 2.75) is 38.5 Å². The molecule has 6 heteroatoms. The Balaban J connectivity index is 1.53. The first kappa shape index (κ1) is 18.2. The van der Waals surface area contributed by atoms with Gasteiger partial charge in [-0.25, -0.2) is 0 Å². The molecule has 1 saturated heterocycles. The molecule has 1 atom stereocenters. The molecule has 0 saturated carbocycles. The molecule has 1 fully saturated rings. The second-order valence-electron chi connectivity index (χ2n) is 6.25. The fourth-order valence-corrected chi connectivity index (χ4v) is 2.87. The maximum atomic E-state index is 12.0. The molecule has 3 rings (SSSR count). The highest BCUT2D eigenvalue weighted by Crippen LogP contribution is 2.28. The summed E-state index contributed by atoms with van der Waals surface area (Å²) in [6.45, 7) is 1.65. The van der Waals surface area contributed by atoms with Gasteiger partial charge >= 0.3 is 0 Å². The van der Waals surface area contributed by atoms with E-state index in [-0.39, 0.29) is 12.0 Å². The molecule has 6 nitrogen and oxygen atoms in total. The maximum Gasteiger partial charge on any atom is 0.222 e. The van der Waals surface area contributed by atoms with Gasteiger partial charge in [0.15, 0.2) is 11.5 Å². The van der Waals surface area contributed by atoms with E-state index in [9.17, 15) is 4.79 Å². The third kappa shape index (κ3) is 5.20. The van der Waals surface area contributed by atoms with Crippen molar-refractivity contribution in [3.05, 3.63) is 53.9 Å². The quantitative estimate of drug-likeness (QED) is 0.788. The fraction of sp³-hybridized carbons (Fsp3) is 0.400. The Labute approximate surface area is 153 Å². The van der Waals surface area contributed by atoms with Gasteiger partial charge in [0.25, 0.3) is 0 Å². The molecular weight excluding hydrogens is 332 g/mol. The lowest BCUT2D eigenvalue weighted by atomic mass is 10.1. The summed E-state index contributed by atoms with van der Waals surface area (Å²) < 4.78 is 16.7. The third-order valence-electron chi connectivity index (χ3n) is 4.30. The van der Waals surface area contributed by atoms with Gasteiger partial charge in [0.05, 0.1) is 19.6 Å². The minimum absolute atomic E-state index is 0.00822. The molecule has 1 amide bonds. The largest absolute Gasteiger partial charge is 0.493 e. The zero-order valence-electron chi connectivity index (χ0n) is 14.9. The van der Waals surface area contributed by atoms with Crippen molar-refractivity contribution >= 4 is 5.91 Å². The highest BCUT2D eigenvalue weighted by atomic mass is 16.5. The van der Waals surface area contributed by atoms with Crippen LogP contribution in [0.15, 0.2) is 42.7 Å². The number of pyridine rings is 1. The van der Waals surface area contributed by atoms with E-state index in [2.05, 4.69) is 10.3 Å². The van der Waals surface area contributed by atoms with Crippen LogP contribution in [-0.4, -0.2) is 30.7 Å². The number of nitrogens with one attached hydrogen (secondary N) is 1. The summed E-state index contributed by atoms with van der Waals surface area (Å²) in [5, 5.41) is 2.93. The molecule has 2 aromatic rings. The van der Waals surface area contributed by atoms with Gasteiger partial charge in [-0.2, -0.15) is 0 Å². The molecule has 1 aliphatic rings. The number of aromatic nitrogens is 1. The van der Waals surface area contributed by atoms with Crippen molar-refractivity contribution < 1.29 is 19.0 Å². The number of rotatable bonds is 8. The van der Waals surface area contributed by atoms with Gasteiger partial charge in [-0.15, -0.1) is 0 Å². The van der Waals surface area contributed by atoms with Crippen molar-refractivity contribution in [3.63, 3.8) is 0 Å². The van der Waals surface area contributed by atoms with Gasteiger partial charge in [0.2, 0.25) is 5.91 Å². The molecule has 26 heavy (non-hydrogen) atoms. The second-order valence-corrected chi connectivity index (χ2v) is 6.25. The number of carbonyl (C=O) groups excluding carboxylic acids is 1. The zero-order chi connectivity index (χ0) is 18.2. The summed E-state index contributed by atoms with van der Waals surface area (Å²) in [7, 11) is 1.61. The number of amides is 1. The van der Waals surface area contributed by atoms with E-state index in [0.29, 0.717) is 31.1 Å². The lowest BCUT2D eigenvalue weighted by molar-refractivity contribution is -0.123. The van der Waals surface area contributed by atoms with E-state index in [0.717, 1.165) is 30.6 Å². The molecule has 2 heterocycles. The Kier molecular flexibility index (Phi) is 6.44. The van der Waals surface area contributed by atoms with Crippen LogP contribution in [0, 0.1) is 0 Å². The SMILES string of the molecule is COc1cc(CNC(=O)C[C@H]2CCCO2)ccc1OCc1ccncc1. The lowest BCUT2D eigenvalue weighted by Crippen LogP contribution is -2.26.